The van der Waals surface area contributed by atoms with Crippen molar-refractivity contribution in [2.45, 2.75) is 19.5 Å². The van der Waals surface area contributed by atoms with E-state index in [0.29, 0.717) is 33.5 Å². The second-order valence-electron chi connectivity index (χ2n) is 6.79. The summed E-state index contributed by atoms with van der Waals surface area (Å²) in [6.45, 7) is 1.68. The van der Waals surface area contributed by atoms with Gasteiger partial charge in [-0.25, -0.2) is 4.98 Å². The molecule has 0 fully saturated rings. The largest absolute Gasteiger partial charge is 0.493 e. The SMILES string of the molecule is COc1cc(C(=O)Nc2nc(C)c(Cc3cccc(C(F)(F)F)c3)s2)ccc1OCCO. The molecule has 1 heterocycles. The number of nitrogens with zero attached hydrogens (tertiary/aromatic N) is 1. The summed E-state index contributed by atoms with van der Waals surface area (Å²) in [5.41, 5.74) is 0.747. The smallest absolute Gasteiger partial charge is 0.416 e. The highest BCUT2D eigenvalue weighted by molar-refractivity contribution is 7.15. The molecule has 2 aromatic carbocycles. The number of amides is 1. The zero-order valence-corrected chi connectivity index (χ0v) is 18.1. The Hall–Kier alpha value is -3.11. The lowest BCUT2D eigenvalue weighted by molar-refractivity contribution is -0.137. The molecule has 0 saturated heterocycles. The van der Waals surface area contributed by atoms with Crippen LogP contribution in [-0.2, 0) is 12.6 Å². The molecule has 0 aliphatic carbocycles. The second kappa shape index (κ2) is 10.0. The molecule has 1 aromatic heterocycles. The van der Waals surface area contributed by atoms with Gasteiger partial charge in [-0.2, -0.15) is 13.2 Å². The lowest BCUT2D eigenvalue weighted by Crippen LogP contribution is -2.12. The van der Waals surface area contributed by atoms with Gasteiger partial charge in [0.25, 0.3) is 5.91 Å². The van der Waals surface area contributed by atoms with Crippen molar-refractivity contribution in [2.75, 3.05) is 25.6 Å². The lowest BCUT2D eigenvalue weighted by atomic mass is 10.1. The monoisotopic (exact) mass is 466 g/mol. The number of hydrogen-bond donors (Lipinski definition) is 2. The molecule has 3 aromatic rings. The summed E-state index contributed by atoms with van der Waals surface area (Å²) in [5, 5.41) is 11.9. The van der Waals surface area contributed by atoms with E-state index in [1.807, 2.05) is 0 Å². The van der Waals surface area contributed by atoms with Crippen molar-refractivity contribution < 1.29 is 32.5 Å². The highest BCUT2D eigenvalue weighted by atomic mass is 32.1. The van der Waals surface area contributed by atoms with Crippen LogP contribution in [0.25, 0.3) is 0 Å². The predicted molar refractivity (Wildman–Crippen MR) is 115 cm³/mol. The minimum absolute atomic E-state index is 0.0922. The molecule has 2 N–H and O–H groups in total. The average molecular weight is 466 g/mol. The Bertz CT molecular complexity index is 1100. The van der Waals surface area contributed by atoms with Crippen molar-refractivity contribution in [3.05, 3.63) is 69.7 Å². The third-order valence-corrected chi connectivity index (χ3v) is 5.58. The molecular weight excluding hydrogens is 445 g/mol. The maximum atomic E-state index is 12.9. The number of nitrogens with one attached hydrogen (secondary N) is 1. The second-order valence-corrected chi connectivity index (χ2v) is 7.88. The van der Waals surface area contributed by atoms with Gasteiger partial charge in [-0.1, -0.05) is 18.2 Å². The van der Waals surface area contributed by atoms with Gasteiger partial charge in [-0.3, -0.25) is 10.1 Å². The summed E-state index contributed by atoms with van der Waals surface area (Å²) >= 11 is 1.21. The number of aromatic nitrogens is 1. The minimum atomic E-state index is -4.41. The first-order valence-electron chi connectivity index (χ1n) is 9.56. The van der Waals surface area contributed by atoms with Gasteiger partial charge in [0.05, 0.1) is 25.0 Å². The molecule has 0 aliphatic rings. The molecule has 0 spiro atoms. The number of aliphatic hydroxyl groups is 1. The highest BCUT2D eigenvalue weighted by Crippen LogP contribution is 2.32. The van der Waals surface area contributed by atoms with Gasteiger partial charge >= 0.3 is 6.18 Å². The van der Waals surface area contributed by atoms with E-state index in [0.717, 1.165) is 17.0 Å². The minimum Gasteiger partial charge on any atom is -0.493 e. The number of anilines is 1. The van der Waals surface area contributed by atoms with Crippen molar-refractivity contribution in [2.24, 2.45) is 0 Å². The van der Waals surface area contributed by atoms with Crippen LogP contribution in [0.2, 0.25) is 0 Å². The van der Waals surface area contributed by atoms with Crippen LogP contribution in [0.3, 0.4) is 0 Å². The molecule has 6 nitrogen and oxygen atoms in total. The molecule has 0 saturated carbocycles. The van der Waals surface area contributed by atoms with E-state index >= 15 is 0 Å². The van der Waals surface area contributed by atoms with Crippen molar-refractivity contribution in [1.82, 2.24) is 4.98 Å². The van der Waals surface area contributed by atoms with Crippen LogP contribution in [0.1, 0.15) is 32.1 Å². The average Bonchev–Trinajstić information content (AvgIpc) is 3.10. The van der Waals surface area contributed by atoms with Crippen LogP contribution < -0.4 is 14.8 Å². The Morgan fingerprint density at radius 1 is 1.19 bits per heavy atom. The van der Waals surface area contributed by atoms with Crippen molar-refractivity contribution in [1.29, 1.82) is 0 Å². The van der Waals surface area contributed by atoms with Gasteiger partial charge in [0.15, 0.2) is 16.6 Å². The number of alkyl halides is 3. The number of aliphatic hydroxyl groups excluding tert-OH is 1. The van der Waals surface area contributed by atoms with E-state index in [9.17, 15) is 18.0 Å². The van der Waals surface area contributed by atoms with Crippen molar-refractivity contribution in [3.63, 3.8) is 0 Å². The van der Waals surface area contributed by atoms with E-state index in [1.165, 1.54) is 30.6 Å². The van der Waals surface area contributed by atoms with Crippen LogP contribution in [0.15, 0.2) is 42.5 Å². The van der Waals surface area contributed by atoms with Gasteiger partial charge < -0.3 is 14.6 Å². The summed E-state index contributed by atoms with van der Waals surface area (Å²) < 4.78 is 49.4. The normalized spacial score (nSPS) is 11.3. The Morgan fingerprint density at radius 3 is 2.66 bits per heavy atom. The van der Waals surface area contributed by atoms with Crippen LogP contribution in [0.5, 0.6) is 11.5 Å². The summed E-state index contributed by atoms with van der Waals surface area (Å²) in [7, 11) is 1.44. The van der Waals surface area contributed by atoms with Crippen molar-refractivity contribution >= 4 is 22.4 Å². The first-order valence-corrected chi connectivity index (χ1v) is 10.4. The van der Waals surface area contributed by atoms with Crippen LogP contribution >= 0.6 is 11.3 Å². The number of benzene rings is 2. The molecule has 0 unspecified atom stereocenters. The first-order chi connectivity index (χ1) is 15.2. The van der Waals surface area contributed by atoms with Gasteiger partial charge in [-0.15, -0.1) is 11.3 Å². The maximum Gasteiger partial charge on any atom is 0.416 e. The first kappa shape index (κ1) is 23.6. The molecular formula is C22H21F3N2O4S. The van der Waals surface area contributed by atoms with E-state index in [2.05, 4.69) is 10.3 Å². The number of hydrogen-bond acceptors (Lipinski definition) is 6. The number of halogens is 3. The summed E-state index contributed by atoms with van der Waals surface area (Å²) in [6.07, 6.45) is -4.13. The fourth-order valence-electron chi connectivity index (χ4n) is 2.94. The summed E-state index contributed by atoms with van der Waals surface area (Å²) in [6, 6.07) is 9.77. The summed E-state index contributed by atoms with van der Waals surface area (Å²) in [5.74, 6) is 0.314. The Balaban J connectivity index is 1.73. The maximum absolute atomic E-state index is 12.9. The molecule has 10 heteroatoms. The number of aryl methyl sites for hydroxylation is 1. The van der Waals surface area contributed by atoms with Crippen molar-refractivity contribution in [3.8, 4) is 11.5 Å². The molecule has 1 amide bonds. The molecule has 0 atom stereocenters. The molecule has 0 bridgehead atoms. The van der Waals surface area contributed by atoms with Gasteiger partial charge in [0, 0.05) is 16.9 Å². The predicted octanol–water partition coefficient (Wildman–Crippen LogP) is 4.69. The third kappa shape index (κ3) is 5.77. The number of carbonyl (C=O) groups excluding carboxylic acids is 1. The number of carbonyl (C=O) groups is 1. The zero-order valence-electron chi connectivity index (χ0n) is 17.3. The van der Waals surface area contributed by atoms with Crippen LogP contribution in [0.4, 0.5) is 18.3 Å². The fraction of sp³-hybridized carbons (Fsp3) is 0.273. The van der Waals surface area contributed by atoms with E-state index in [-0.39, 0.29) is 19.6 Å². The number of methoxy groups -OCH3 is 1. The highest BCUT2D eigenvalue weighted by Gasteiger charge is 2.30. The Kier molecular flexibility index (Phi) is 7.37. The fourth-order valence-corrected chi connectivity index (χ4v) is 3.93. The van der Waals surface area contributed by atoms with Crippen LogP contribution in [0, 0.1) is 6.92 Å². The van der Waals surface area contributed by atoms with E-state index < -0.39 is 17.6 Å². The lowest BCUT2D eigenvalue weighted by Gasteiger charge is -2.11. The third-order valence-electron chi connectivity index (χ3n) is 4.51. The quantitative estimate of drug-likeness (QED) is 0.503. The Labute approximate surface area is 186 Å². The zero-order chi connectivity index (χ0) is 23.3. The molecule has 3 rings (SSSR count). The van der Waals surface area contributed by atoms with Gasteiger partial charge in [0.2, 0.25) is 0 Å². The number of thiazole rings is 1. The van der Waals surface area contributed by atoms with Crippen LogP contribution in [-0.4, -0.2) is 36.3 Å². The summed E-state index contributed by atoms with van der Waals surface area (Å²) in [4.78, 5) is 17.7. The topological polar surface area (TPSA) is 80.7 Å². The number of ether oxygens (including phenoxy) is 2. The molecule has 170 valence electrons. The molecule has 32 heavy (non-hydrogen) atoms. The molecule has 0 aliphatic heterocycles. The van der Waals surface area contributed by atoms with E-state index in [1.54, 1.807) is 25.1 Å². The van der Waals surface area contributed by atoms with Gasteiger partial charge in [-0.05, 0) is 36.8 Å². The Morgan fingerprint density at radius 2 is 1.97 bits per heavy atom. The van der Waals surface area contributed by atoms with Gasteiger partial charge in [0.1, 0.15) is 6.61 Å². The number of rotatable bonds is 8. The van der Waals surface area contributed by atoms with E-state index in [4.69, 9.17) is 14.6 Å². The standard InChI is InChI=1S/C22H21F3N2O4S/c1-13-19(11-14-4-3-5-16(10-14)22(23,24)25)32-21(26-13)27-20(29)15-6-7-17(31-9-8-28)18(12-15)30-2/h3-7,10,12,28H,8-9,11H2,1-2H3,(H,26,27,29). The molecule has 0 radical (unpaired) electrons.